The van der Waals surface area contributed by atoms with E-state index in [4.69, 9.17) is 27.6 Å². The summed E-state index contributed by atoms with van der Waals surface area (Å²) in [6.07, 6.45) is -0.697. The summed E-state index contributed by atoms with van der Waals surface area (Å²) >= 11 is 12.2. The fourth-order valence-electron chi connectivity index (χ4n) is 3.99. The summed E-state index contributed by atoms with van der Waals surface area (Å²) in [5.41, 5.74) is -0.948. The van der Waals surface area contributed by atoms with Gasteiger partial charge in [-0.05, 0) is 48.0 Å². The van der Waals surface area contributed by atoms with Crippen LogP contribution in [0.5, 0.6) is 5.75 Å². The summed E-state index contributed by atoms with van der Waals surface area (Å²) in [5.74, 6) is -1.73. The number of ketones is 1. The monoisotopic (exact) mass is 531 g/mol. The van der Waals surface area contributed by atoms with Crippen molar-refractivity contribution in [1.82, 2.24) is 14.5 Å². The molecule has 0 radical (unpaired) electrons. The van der Waals surface area contributed by atoms with Gasteiger partial charge in [-0.15, -0.1) is 0 Å². The number of aromatic nitrogens is 3. The second-order valence-corrected chi connectivity index (χ2v) is 8.68. The zero-order chi connectivity index (χ0) is 25.6. The Kier molecular flexibility index (Phi) is 5.97. The number of phenols is 1. The molecule has 1 N–H and O–H groups in total. The summed E-state index contributed by atoms with van der Waals surface area (Å²) in [7, 11) is 0. The Morgan fingerprint density at radius 2 is 1.81 bits per heavy atom. The number of benzene rings is 2. The molecular formula is C25H14Cl2F3N3O3. The molecule has 36 heavy (non-hydrogen) atoms. The molecule has 5 aromatic rings. The van der Waals surface area contributed by atoms with Gasteiger partial charge in [-0.1, -0.05) is 29.3 Å². The van der Waals surface area contributed by atoms with Gasteiger partial charge >= 0.3 is 6.18 Å². The van der Waals surface area contributed by atoms with Crippen molar-refractivity contribution in [3.8, 4) is 17.1 Å². The molecule has 0 amide bonds. The van der Waals surface area contributed by atoms with Gasteiger partial charge in [0.2, 0.25) is 0 Å². The lowest BCUT2D eigenvalue weighted by Gasteiger charge is -2.15. The minimum atomic E-state index is -4.95. The maximum atomic E-state index is 14.5. The van der Waals surface area contributed by atoms with Crippen LogP contribution >= 0.6 is 23.2 Å². The van der Waals surface area contributed by atoms with Crippen LogP contribution in [-0.2, 0) is 12.7 Å². The minimum absolute atomic E-state index is 0.0652. The van der Waals surface area contributed by atoms with E-state index in [1.807, 2.05) is 0 Å². The van der Waals surface area contributed by atoms with Crippen molar-refractivity contribution >= 4 is 39.9 Å². The van der Waals surface area contributed by atoms with E-state index in [9.17, 15) is 23.1 Å². The molecule has 3 heterocycles. The zero-order valence-corrected chi connectivity index (χ0v) is 19.6. The van der Waals surface area contributed by atoms with Gasteiger partial charge in [0.05, 0.1) is 11.8 Å². The number of hydrogen-bond acceptors (Lipinski definition) is 5. The van der Waals surface area contributed by atoms with E-state index in [-0.39, 0.29) is 34.0 Å². The summed E-state index contributed by atoms with van der Waals surface area (Å²) in [5, 5.41) is 10.4. The number of phenolic OH excluding ortho intramolecular Hbond substituents is 1. The Hall–Kier alpha value is -3.82. The normalized spacial score (nSPS) is 11.8. The number of nitrogens with zero attached hydrogens (tertiary/aromatic N) is 3. The summed E-state index contributed by atoms with van der Waals surface area (Å²) in [4.78, 5) is 21.3. The van der Waals surface area contributed by atoms with E-state index >= 15 is 0 Å². The van der Waals surface area contributed by atoms with Crippen LogP contribution in [0.4, 0.5) is 13.2 Å². The Morgan fingerprint density at radius 3 is 2.50 bits per heavy atom. The second-order valence-electron chi connectivity index (χ2n) is 7.84. The summed E-state index contributed by atoms with van der Waals surface area (Å²) < 4.78 is 50.0. The molecule has 11 heteroatoms. The molecule has 5 rings (SSSR count). The van der Waals surface area contributed by atoms with Crippen molar-refractivity contribution in [1.29, 1.82) is 0 Å². The molecule has 3 aromatic heterocycles. The Balaban J connectivity index is 1.71. The fraction of sp³-hybridized carbons (Fsp3) is 0.0800. The van der Waals surface area contributed by atoms with Crippen molar-refractivity contribution < 1.29 is 27.5 Å². The van der Waals surface area contributed by atoms with Crippen LogP contribution in [0.2, 0.25) is 10.0 Å². The van der Waals surface area contributed by atoms with Gasteiger partial charge in [0, 0.05) is 45.5 Å². The SMILES string of the molecule is O=C(c1ncc(-c2ccncc2)o1)c1c(C(F)(F)F)n(Cc2ccc(Cl)cc2Cl)c2ccc(O)cc12. The first kappa shape index (κ1) is 23.9. The average molecular weight is 532 g/mol. The minimum Gasteiger partial charge on any atom is -0.508 e. The van der Waals surface area contributed by atoms with Gasteiger partial charge in [0.15, 0.2) is 5.76 Å². The molecule has 0 atom stereocenters. The molecule has 0 aliphatic heterocycles. The number of carbonyl (C=O) groups is 1. The van der Waals surface area contributed by atoms with Gasteiger partial charge in [-0.25, -0.2) is 4.98 Å². The molecule has 0 aliphatic carbocycles. The number of aromatic hydroxyl groups is 1. The van der Waals surface area contributed by atoms with Crippen molar-refractivity contribution in [2.75, 3.05) is 0 Å². The highest BCUT2D eigenvalue weighted by molar-refractivity contribution is 6.35. The summed E-state index contributed by atoms with van der Waals surface area (Å²) in [6, 6.07) is 11.3. The lowest BCUT2D eigenvalue weighted by Crippen LogP contribution is -2.19. The van der Waals surface area contributed by atoms with E-state index in [1.54, 1.807) is 12.1 Å². The van der Waals surface area contributed by atoms with Gasteiger partial charge in [0.1, 0.15) is 11.4 Å². The number of hydrogen-bond donors (Lipinski definition) is 1. The molecule has 0 saturated heterocycles. The zero-order valence-electron chi connectivity index (χ0n) is 18.1. The van der Waals surface area contributed by atoms with Crippen LogP contribution < -0.4 is 0 Å². The Bertz CT molecular complexity index is 1610. The third-order valence-corrected chi connectivity index (χ3v) is 6.14. The van der Waals surface area contributed by atoms with Crippen LogP contribution in [-0.4, -0.2) is 25.4 Å². The number of rotatable bonds is 5. The van der Waals surface area contributed by atoms with Crippen LogP contribution in [0.1, 0.15) is 27.5 Å². The van der Waals surface area contributed by atoms with Crippen molar-refractivity contribution in [2.24, 2.45) is 0 Å². The molecule has 0 fully saturated rings. The molecule has 6 nitrogen and oxygen atoms in total. The van der Waals surface area contributed by atoms with E-state index < -0.39 is 29.1 Å². The highest BCUT2D eigenvalue weighted by Gasteiger charge is 2.42. The fourth-order valence-corrected chi connectivity index (χ4v) is 4.46. The molecule has 2 aromatic carbocycles. The lowest BCUT2D eigenvalue weighted by molar-refractivity contribution is -0.143. The predicted molar refractivity (Wildman–Crippen MR) is 127 cm³/mol. The van der Waals surface area contributed by atoms with Crippen molar-refractivity contribution in [2.45, 2.75) is 12.7 Å². The average Bonchev–Trinajstić information content (AvgIpc) is 3.44. The first-order chi connectivity index (χ1) is 17.1. The van der Waals surface area contributed by atoms with E-state index in [0.717, 1.165) is 10.6 Å². The van der Waals surface area contributed by atoms with Gasteiger partial charge in [-0.3, -0.25) is 9.78 Å². The highest BCUT2D eigenvalue weighted by atomic mass is 35.5. The number of halogens is 5. The molecule has 0 aliphatic rings. The number of oxazole rings is 1. The third-order valence-electron chi connectivity index (χ3n) is 5.55. The van der Waals surface area contributed by atoms with E-state index in [0.29, 0.717) is 16.1 Å². The smallest absolute Gasteiger partial charge is 0.432 e. The van der Waals surface area contributed by atoms with Crippen molar-refractivity contribution in [3.05, 3.63) is 99.9 Å². The Labute approximate surface area is 211 Å². The first-order valence-electron chi connectivity index (χ1n) is 10.4. The molecular weight excluding hydrogens is 518 g/mol. The van der Waals surface area contributed by atoms with E-state index in [1.165, 1.54) is 48.9 Å². The second kappa shape index (κ2) is 9.00. The highest BCUT2D eigenvalue weighted by Crippen LogP contribution is 2.41. The standard InChI is InChI=1S/C25H14Cl2F3N3O3/c26-15-2-1-14(18(27)9-15)12-33-19-4-3-16(34)10-17(19)21(23(33)25(28,29)30)22(35)24-32-11-20(36-24)13-5-7-31-8-6-13/h1-11,34H,12H2. The molecule has 0 spiro atoms. The van der Waals surface area contributed by atoms with Crippen LogP contribution in [0.15, 0.2) is 71.5 Å². The number of pyridine rings is 1. The number of carbonyl (C=O) groups excluding carboxylic acids is 1. The van der Waals surface area contributed by atoms with Crippen LogP contribution in [0.25, 0.3) is 22.2 Å². The van der Waals surface area contributed by atoms with Crippen LogP contribution in [0, 0.1) is 0 Å². The number of fused-ring (bicyclic) bond motifs is 1. The number of alkyl halides is 3. The lowest BCUT2D eigenvalue weighted by atomic mass is 10.1. The van der Waals surface area contributed by atoms with Crippen molar-refractivity contribution in [3.63, 3.8) is 0 Å². The largest absolute Gasteiger partial charge is 0.508 e. The predicted octanol–water partition coefficient (Wildman–Crippen LogP) is 7.00. The Morgan fingerprint density at radius 1 is 1.06 bits per heavy atom. The maximum absolute atomic E-state index is 14.5. The first-order valence-corrected chi connectivity index (χ1v) is 11.2. The van der Waals surface area contributed by atoms with Crippen LogP contribution in [0.3, 0.4) is 0 Å². The quantitative estimate of drug-likeness (QED) is 0.247. The summed E-state index contributed by atoms with van der Waals surface area (Å²) in [6.45, 7) is -0.312. The third kappa shape index (κ3) is 4.31. The van der Waals surface area contributed by atoms with Gasteiger partial charge in [-0.2, -0.15) is 13.2 Å². The molecule has 182 valence electrons. The molecule has 0 saturated carbocycles. The van der Waals surface area contributed by atoms with Gasteiger partial charge in [0.25, 0.3) is 11.7 Å². The molecule has 0 unspecified atom stereocenters. The van der Waals surface area contributed by atoms with E-state index in [2.05, 4.69) is 9.97 Å². The van der Waals surface area contributed by atoms with Gasteiger partial charge < -0.3 is 14.1 Å². The topological polar surface area (TPSA) is 81.2 Å². The molecule has 0 bridgehead atoms. The maximum Gasteiger partial charge on any atom is 0.432 e.